The zero-order valence-electron chi connectivity index (χ0n) is 12.9. The highest BCUT2D eigenvalue weighted by Crippen LogP contribution is 2.21. The topological polar surface area (TPSA) is 68.6 Å². The summed E-state index contributed by atoms with van der Waals surface area (Å²) >= 11 is 1.57. The number of aryl methyl sites for hydroxylation is 2. The van der Waals surface area contributed by atoms with Crippen molar-refractivity contribution in [1.82, 2.24) is 0 Å². The van der Waals surface area contributed by atoms with Gasteiger partial charge in [-0.1, -0.05) is 5.92 Å². The molecule has 0 amide bonds. The predicted molar refractivity (Wildman–Crippen MR) is 88.1 cm³/mol. The van der Waals surface area contributed by atoms with E-state index < -0.39 is 5.54 Å². The molecule has 0 aliphatic carbocycles. The van der Waals surface area contributed by atoms with Gasteiger partial charge >= 0.3 is 0 Å². The van der Waals surface area contributed by atoms with Crippen LogP contribution in [0.4, 0.5) is 0 Å². The third-order valence-electron chi connectivity index (χ3n) is 3.17. The normalized spacial score (nSPS) is 13.3. The van der Waals surface area contributed by atoms with Crippen LogP contribution in [-0.2, 0) is 6.42 Å². The summed E-state index contributed by atoms with van der Waals surface area (Å²) in [5, 5.41) is 12.0. The standard InChI is InChI=1S/C17H21NO3S/c1-13-10-16(22-11-13)20-9-3-4-14-5-6-15(21-14)7-8-17(2,18)12-19/h5-6,10-11,19H,7-9,12,18H2,1-2H3/t17-/m1/s1. The van der Waals surface area contributed by atoms with Crippen molar-refractivity contribution in [3.63, 3.8) is 0 Å². The first-order valence-electron chi connectivity index (χ1n) is 7.14. The Bertz CT molecular complexity index is 661. The number of rotatable bonds is 6. The Balaban J connectivity index is 1.81. The number of hydrogen-bond acceptors (Lipinski definition) is 5. The van der Waals surface area contributed by atoms with Crippen molar-refractivity contribution in [3.05, 3.63) is 40.7 Å². The highest BCUT2D eigenvalue weighted by atomic mass is 32.1. The molecule has 118 valence electrons. The molecule has 0 saturated heterocycles. The van der Waals surface area contributed by atoms with E-state index >= 15 is 0 Å². The van der Waals surface area contributed by atoms with E-state index in [1.165, 1.54) is 5.56 Å². The minimum absolute atomic E-state index is 0.0418. The van der Waals surface area contributed by atoms with Crippen molar-refractivity contribution >= 4 is 11.3 Å². The quantitative estimate of drug-likeness (QED) is 0.803. The summed E-state index contributed by atoms with van der Waals surface area (Å²) in [6.45, 7) is 4.14. The summed E-state index contributed by atoms with van der Waals surface area (Å²) in [5.41, 5.74) is 6.51. The lowest BCUT2D eigenvalue weighted by atomic mass is 9.98. The molecule has 22 heavy (non-hydrogen) atoms. The van der Waals surface area contributed by atoms with Crippen LogP contribution in [0.3, 0.4) is 0 Å². The van der Waals surface area contributed by atoms with Crippen LogP contribution in [-0.4, -0.2) is 23.9 Å². The highest BCUT2D eigenvalue weighted by molar-refractivity contribution is 7.12. The van der Waals surface area contributed by atoms with Gasteiger partial charge in [-0.3, -0.25) is 0 Å². The van der Waals surface area contributed by atoms with Crippen molar-refractivity contribution in [2.75, 3.05) is 13.2 Å². The third kappa shape index (κ3) is 5.23. The molecule has 2 heterocycles. The van der Waals surface area contributed by atoms with E-state index in [9.17, 15) is 0 Å². The van der Waals surface area contributed by atoms with Crippen LogP contribution in [0.2, 0.25) is 0 Å². The maximum Gasteiger partial charge on any atom is 0.177 e. The van der Waals surface area contributed by atoms with Gasteiger partial charge in [0.15, 0.2) is 17.4 Å². The Morgan fingerprint density at radius 2 is 2.27 bits per heavy atom. The SMILES string of the molecule is Cc1csc(OCC#Cc2ccc(CC[C@@](C)(N)CO)o2)c1. The summed E-state index contributed by atoms with van der Waals surface area (Å²) in [6.07, 6.45) is 1.34. The van der Waals surface area contributed by atoms with Gasteiger partial charge in [-0.2, -0.15) is 0 Å². The van der Waals surface area contributed by atoms with Crippen LogP contribution in [0.25, 0.3) is 0 Å². The Hall–Kier alpha value is -1.74. The molecule has 0 bridgehead atoms. The number of thiophene rings is 1. The Morgan fingerprint density at radius 3 is 2.95 bits per heavy atom. The smallest absolute Gasteiger partial charge is 0.177 e. The Morgan fingerprint density at radius 1 is 1.45 bits per heavy atom. The summed E-state index contributed by atoms with van der Waals surface area (Å²) in [4.78, 5) is 0. The second-order valence-electron chi connectivity index (χ2n) is 5.61. The van der Waals surface area contributed by atoms with Crippen LogP contribution in [0, 0.1) is 18.8 Å². The molecule has 0 unspecified atom stereocenters. The number of hydrogen-bond donors (Lipinski definition) is 2. The van der Waals surface area contributed by atoms with E-state index in [4.69, 9.17) is 20.0 Å². The molecule has 0 saturated carbocycles. The fraction of sp³-hybridized carbons (Fsp3) is 0.412. The van der Waals surface area contributed by atoms with Crippen LogP contribution in [0.1, 0.15) is 30.4 Å². The molecule has 2 aromatic rings. The number of nitrogens with two attached hydrogens (primary N) is 1. The fourth-order valence-corrected chi connectivity index (χ4v) is 2.53. The molecule has 5 heteroatoms. The third-order valence-corrected chi connectivity index (χ3v) is 4.13. The van der Waals surface area contributed by atoms with Gasteiger partial charge in [0.25, 0.3) is 0 Å². The lowest BCUT2D eigenvalue weighted by molar-refractivity contribution is 0.199. The number of aliphatic hydroxyl groups is 1. The summed E-state index contributed by atoms with van der Waals surface area (Å²) in [5.74, 6) is 7.31. The van der Waals surface area contributed by atoms with Gasteiger partial charge in [0.2, 0.25) is 0 Å². The average Bonchev–Trinajstić information content (AvgIpc) is 3.11. The van der Waals surface area contributed by atoms with Gasteiger partial charge in [0, 0.05) is 12.0 Å². The first-order chi connectivity index (χ1) is 10.5. The van der Waals surface area contributed by atoms with Crippen molar-refractivity contribution in [3.8, 4) is 16.9 Å². The zero-order chi connectivity index (χ0) is 16.0. The van der Waals surface area contributed by atoms with E-state index in [-0.39, 0.29) is 6.61 Å². The van der Waals surface area contributed by atoms with Crippen molar-refractivity contribution in [2.45, 2.75) is 32.2 Å². The lowest BCUT2D eigenvalue weighted by Crippen LogP contribution is -2.40. The van der Waals surface area contributed by atoms with Crippen LogP contribution < -0.4 is 10.5 Å². The number of ether oxygens (including phenoxy) is 1. The molecule has 0 aromatic carbocycles. The zero-order valence-corrected chi connectivity index (χ0v) is 13.7. The first kappa shape index (κ1) is 16.6. The fourth-order valence-electron chi connectivity index (χ4n) is 1.78. The summed E-state index contributed by atoms with van der Waals surface area (Å²) in [6, 6.07) is 5.72. The first-order valence-corrected chi connectivity index (χ1v) is 8.02. The van der Waals surface area contributed by atoms with Gasteiger partial charge in [-0.25, -0.2) is 0 Å². The van der Waals surface area contributed by atoms with E-state index in [1.807, 2.05) is 37.4 Å². The molecule has 1 atom stereocenters. The number of furan rings is 1. The maximum atomic E-state index is 9.12. The van der Waals surface area contributed by atoms with Crippen molar-refractivity contribution in [1.29, 1.82) is 0 Å². The van der Waals surface area contributed by atoms with Crippen molar-refractivity contribution in [2.24, 2.45) is 5.73 Å². The molecule has 0 fully saturated rings. The van der Waals surface area contributed by atoms with Crippen molar-refractivity contribution < 1.29 is 14.3 Å². The van der Waals surface area contributed by atoms with Gasteiger partial charge in [-0.15, -0.1) is 11.3 Å². The largest absolute Gasteiger partial charge is 0.471 e. The predicted octanol–water partition coefficient (Wildman–Crippen LogP) is 2.72. The molecule has 2 rings (SSSR count). The molecule has 4 nitrogen and oxygen atoms in total. The van der Waals surface area contributed by atoms with Crippen LogP contribution in [0.5, 0.6) is 5.06 Å². The van der Waals surface area contributed by atoms with E-state index in [2.05, 4.69) is 11.8 Å². The summed E-state index contributed by atoms with van der Waals surface area (Å²) in [7, 11) is 0. The molecular weight excluding hydrogens is 298 g/mol. The lowest BCUT2D eigenvalue weighted by Gasteiger charge is -2.20. The average molecular weight is 319 g/mol. The minimum Gasteiger partial charge on any atom is -0.471 e. The maximum absolute atomic E-state index is 9.12. The molecule has 2 aromatic heterocycles. The Labute approximate surface area is 134 Å². The van der Waals surface area contributed by atoms with E-state index in [0.717, 1.165) is 10.8 Å². The van der Waals surface area contributed by atoms with Crippen LogP contribution in [0.15, 0.2) is 28.0 Å². The summed E-state index contributed by atoms with van der Waals surface area (Å²) < 4.78 is 11.1. The van der Waals surface area contributed by atoms with Gasteiger partial charge in [-0.05, 0) is 55.3 Å². The molecule has 0 aliphatic heterocycles. The van der Waals surface area contributed by atoms with Gasteiger partial charge < -0.3 is 20.0 Å². The van der Waals surface area contributed by atoms with E-state index in [1.54, 1.807) is 11.3 Å². The molecule has 3 N–H and O–H groups in total. The molecule has 0 radical (unpaired) electrons. The second kappa shape index (κ2) is 7.50. The number of aliphatic hydroxyl groups excluding tert-OH is 1. The molecule has 0 aliphatic rings. The van der Waals surface area contributed by atoms with E-state index in [0.29, 0.717) is 25.2 Å². The Kier molecular flexibility index (Phi) is 5.67. The minimum atomic E-state index is -0.578. The monoisotopic (exact) mass is 319 g/mol. The highest BCUT2D eigenvalue weighted by Gasteiger charge is 2.17. The van der Waals surface area contributed by atoms with Gasteiger partial charge in [0.1, 0.15) is 5.76 Å². The molecular formula is C17H21NO3S. The molecule has 0 spiro atoms. The van der Waals surface area contributed by atoms with Crippen LogP contribution >= 0.6 is 11.3 Å². The van der Waals surface area contributed by atoms with Gasteiger partial charge in [0.05, 0.1) is 6.61 Å². The second-order valence-corrected chi connectivity index (χ2v) is 6.49.